The van der Waals surface area contributed by atoms with Gasteiger partial charge in [0.2, 0.25) is 5.95 Å². The van der Waals surface area contributed by atoms with E-state index in [9.17, 15) is 4.79 Å². The van der Waals surface area contributed by atoms with Crippen molar-refractivity contribution in [2.45, 2.75) is 6.04 Å². The fourth-order valence-electron chi connectivity index (χ4n) is 3.30. The van der Waals surface area contributed by atoms with Crippen LogP contribution in [0.25, 0.3) is 11.0 Å². The number of hydrogen-bond acceptors (Lipinski definition) is 7. The zero-order chi connectivity index (χ0) is 18.6. The number of anilines is 1. The van der Waals surface area contributed by atoms with Crippen molar-refractivity contribution in [1.29, 1.82) is 0 Å². The molecule has 1 unspecified atom stereocenters. The van der Waals surface area contributed by atoms with Crippen LogP contribution in [0.5, 0.6) is 5.75 Å². The molecule has 9 nitrogen and oxygen atoms in total. The highest BCUT2D eigenvalue weighted by atomic mass is 16.5. The fraction of sp³-hybridized carbons (Fsp3) is 0.389. The van der Waals surface area contributed by atoms with Crippen molar-refractivity contribution in [2.75, 3.05) is 45.3 Å². The summed E-state index contributed by atoms with van der Waals surface area (Å²) < 4.78 is 10.7. The second-order valence-corrected chi connectivity index (χ2v) is 6.37. The highest BCUT2D eigenvalue weighted by molar-refractivity contribution is 5.73. The maximum absolute atomic E-state index is 12.1. The first-order valence-corrected chi connectivity index (χ1v) is 8.87. The van der Waals surface area contributed by atoms with Gasteiger partial charge < -0.3 is 14.8 Å². The summed E-state index contributed by atoms with van der Waals surface area (Å²) in [5, 5.41) is 10.3. The van der Waals surface area contributed by atoms with Gasteiger partial charge in [0.05, 0.1) is 32.6 Å². The standard InChI is InChI=1S/C18H22N6O3/c1-26-13-4-2-12(3-5-13)15(24-6-8-27-9-7-24)11-19-18-21-16-14(10-20-23-16)17(25)22-18/h2-5,10,15H,6-9,11H2,1H3,(H3,19,20,21,22,23,25). The minimum Gasteiger partial charge on any atom is -0.497 e. The molecular formula is C18H22N6O3. The molecule has 0 spiro atoms. The smallest absolute Gasteiger partial charge is 0.263 e. The van der Waals surface area contributed by atoms with Gasteiger partial charge in [0.25, 0.3) is 5.56 Å². The Morgan fingerprint density at radius 2 is 2.07 bits per heavy atom. The lowest BCUT2D eigenvalue weighted by Gasteiger charge is -2.35. The summed E-state index contributed by atoms with van der Waals surface area (Å²) in [6, 6.07) is 8.16. The van der Waals surface area contributed by atoms with Crippen molar-refractivity contribution >= 4 is 17.0 Å². The van der Waals surface area contributed by atoms with E-state index in [-0.39, 0.29) is 11.6 Å². The molecule has 0 bridgehead atoms. The predicted octanol–water partition coefficient (Wildman–Crippen LogP) is 1.14. The predicted molar refractivity (Wildman–Crippen MR) is 101 cm³/mol. The van der Waals surface area contributed by atoms with E-state index in [1.807, 2.05) is 12.1 Å². The third-order valence-electron chi connectivity index (χ3n) is 4.77. The number of nitrogens with zero attached hydrogens (tertiary/aromatic N) is 3. The molecule has 142 valence electrons. The van der Waals surface area contributed by atoms with E-state index in [0.29, 0.717) is 36.7 Å². The van der Waals surface area contributed by atoms with Crippen LogP contribution in [-0.2, 0) is 4.74 Å². The molecular weight excluding hydrogens is 348 g/mol. The minimum absolute atomic E-state index is 0.113. The topological polar surface area (TPSA) is 108 Å². The molecule has 0 radical (unpaired) electrons. The van der Waals surface area contributed by atoms with Gasteiger partial charge in [-0.05, 0) is 17.7 Å². The number of aromatic nitrogens is 4. The third kappa shape index (κ3) is 3.79. The average Bonchev–Trinajstić information content (AvgIpc) is 3.19. The molecule has 0 saturated carbocycles. The Morgan fingerprint density at radius 3 is 2.81 bits per heavy atom. The van der Waals surface area contributed by atoms with Crippen LogP contribution in [0.15, 0.2) is 35.3 Å². The maximum Gasteiger partial charge on any atom is 0.263 e. The number of aromatic amines is 2. The van der Waals surface area contributed by atoms with Crippen molar-refractivity contribution in [3.63, 3.8) is 0 Å². The molecule has 4 rings (SSSR count). The van der Waals surface area contributed by atoms with E-state index in [0.717, 1.165) is 24.4 Å². The Labute approximate surface area is 155 Å². The quantitative estimate of drug-likeness (QED) is 0.597. The molecule has 1 saturated heterocycles. The van der Waals surface area contributed by atoms with Crippen LogP contribution < -0.4 is 15.6 Å². The van der Waals surface area contributed by atoms with E-state index in [2.05, 4.69) is 42.5 Å². The summed E-state index contributed by atoms with van der Waals surface area (Å²) in [7, 11) is 1.66. The third-order valence-corrected chi connectivity index (χ3v) is 4.77. The van der Waals surface area contributed by atoms with Gasteiger partial charge in [-0.25, -0.2) is 0 Å². The Balaban J connectivity index is 1.56. The highest BCUT2D eigenvalue weighted by Crippen LogP contribution is 2.24. The second-order valence-electron chi connectivity index (χ2n) is 6.37. The monoisotopic (exact) mass is 370 g/mol. The Morgan fingerprint density at radius 1 is 1.30 bits per heavy atom. The van der Waals surface area contributed by atoms with Gasteiger partial charge in [-0.3, -0.25) is 19.8 Å². The molecule has 1 atom stereocenters. The van der Waals surface area contributed by atoms with Gasteiger partial charge >= 0.3 is 0 Å². The molecule has 1 fully saturated rings. The normalized spacial score (nSPS) is 16.3. The van der Waals surface area contributed by atoms with Gasteiger partial charge in [0.1, 0.15) is 11.1 Å². The molecule has 1 aromatic carbocycles. The molecule has 1 aliphatic rings. The summed E-state index contributed by atoms with van der Waals surface area (Å²) in [6.07, 6.45) is 1.47. The first-order valence-electron chi connectivity index (χ1n) is 8.87. The number of hydrogen-bond donors (Lipinski definition) is 3. The molecule has 0 aliphatic carbocycles. The van der Waals surface area contributed by atoms with Gasteiger partial charge in [0.15, 0.2) is 5.65 Å². The van der Waals surface area contributed by atoms with E-state index in [1.54, 1.807) is 7.11 Å². The molecule has 3 N–H and O–H groups in total. The Bertz CT molecular complexity index is 946. The molecule has 1 aliphatic heterocycles. The summed E-state index contributed by atoms with van der Waals surface area (Å²) in [6.45, 7) is 3.71. The Hall–Kier alpha value is -2.91. The van der Waals surface area contributed by atoms with Crippen molar-refractivity contribution in [1.82, 2.24) is 25.1 Å². The first kappa shape index (κ1) is 17.5. The zero-order valence-electron chi connectivity index (χ0n) is 15.1. The van der Waals surface area contributed by atoms with Crippen molar-refractivity contribution < 1.29 is 9.47 Å². The summed E-state index contributed by atoms with van der Waals surface area (Å²) >= 11 is 0. The van der Waals surface area contributed by atoms with Crippen molar-refractivity contribution in [3.8, 4) is 5.75 Å². The van der Waals surface area contributed by atoms with Crippen LogP contribution in [0.3, 0.4) is 0 Å². The number of benzene rings is 1. The molecule has 3 aromatic rings. The van der Waals surface area contributed by atoms with Crippen LogP contribution in [0.4, 0.5) is 5.95 Å². The number of morpholine rings is 1. The second kappa shape index (κ2) is 7.77. The number of methoxy groups -OCH3 is 1. The van der Waals surface area contributed by atoms with Crippen LogP contribution in [0.2, 0.25) is 0 Å². The van der Waals surface area contributed by atoms with Crippen LogP contribution in [-0.4, -0.2) is 65.0 Å². The van der Waals surface area contributed by atoms with Crippen LogP contribution >= 0.6 is 0 Å². The van der Waals surface area contributed by atoms with Crippen LogP contribution in [0, 0.1) is 0 Å². The van der Waals surface area contributed by atoms with Gasteiger partial charge in [-0.1, -0.05) is 12.1 Å². The molecule has 2 aromatic heterocycles. The Kier molecular flexibility index (Phi) is 5.03. The lowest BCUT2D eigenvalue weighted by Crippen LogP contribution is -2.41. The number of rotatable bonds is 6. The van der Waals surface area contributed by atoms with Gasteiger partial charge in [0, 0.05) is 19.6 Å². The average molecular weight is 370 g/mol. The van der Waals surface area contributed by atoms with E-state index >= 15 is 0 Å². The number of nitrogens with one attached hydrogen (secondary N) is 3. The first-order chi connectivity index (χ1) is 13.2. The lowest BCUT2D eigenvalue weighted by atomic mass is 10.0. The molecule has 3 heterocycles. The zero-order valence-corrected chi connectivity index (χ0v) is 15.1. The number of fused-ring (bicyclic) bond motifs is 1. The van der Waals surface area contributed by atoms with E-state index in [4.69, 9.17) is 9.47 Å². The number of ether oxygens (including phenoxy) is 2. The van der Waals surface area contributed by atoms with Gasteiger partial charge in [-0.2, -0.15) is 10.1 Å². The largest absolute Gasteiger partial charge is 0.497 e. The van der Waals surface area contributed by atoms with E-state index in [1.165, 1.54) is 6.20 Å². The minimum atomic E-state index is -0.219. The number of H-pyrrole nitrogens is 2. The summed E-state index contributed by atoms with van der Waals surface area (Å²) in [5.41, 5.74) is 1.41. The molecule has 0 amide bonds. The SMILES string of the molecule is COc1ccc(C(CNc2nc3[nH]ncc3c(=O)[nH]2)N2CCOCC2)cc1. The van der Waals surface area contributed by atoms with Crippen molar-refractivity contribution in [3.05, 3.63) is 46.4 Å². The highest BCUT2D eigenvalue weighted by Gasteiger charge is 2.23. The molecule has 27 heavy (non-hydrogen) atoms. The van der Waals surface area contributed by atoms with Crippen molar-refractivity contribution in [2.24, 2.45) is 0 Å². The molecule has 9 heteroatoms. The fourth-order valence-corrected chi connectivity index (χ4v) is 3.30. The summed E-state index contributed by atoms with van der Waals surface area (Å²) in [4.78, 5) is 21.6. The summed E-state index contributed by atoms with van der Waals surface area (Å²) in [5.74, 6) is 1.24. The van der Waals surface area contributed by atoms with Crippen LogP contribution in [0.1, 0.15) is 11.6 Å². The van der Waals surface area contributed by atoms with E-state index < -0.39 is 0 Å². The lowest BCUT2D eigenvalue weighted by molar-refractivity contribution is 0.0187. The van der Waals surface area contributed by atoms with Gasteiger partial charge in [-0.15, -0.1) is 0 Å². The maximum atomic E-state index is 12.1.